The van der Waals surface area contributed by atoms with Crippen molar-refractivity contribution in [3.8, 4) is 6.07 Å². The number of rotatable bonds is 1. The van der Waals surface area contributed by atoms with Gasteiger partial charge in [0.15, 0.2) is 0 Å². The molecule has 4 heteroatoms. The van der Waals surface area contributed by atoms with Crippen LogP contribution in [-0.2, 0) is 6.54 Å². The molecule has 0 aliphatic carbocycles. The molecular weight excluding hydrogens is 224 g/mol. The second-order valence-corrected chi connectivity index (χ2v) is 3.87. The van der Waals surface area contributed by atoms with E-state index >= 15 is 0 Å². The topological polar surface area (TPSA) is 45.8 Å². The Kier molecular flexibility index (Phi) is 2.67. The maximum absolute atomic E-state index is 11.9. The minimum atomic E-state index is -0.260. The van der Waals surface area contributed by atoms with E-state index in [-0.39, 0.29) is 11.0 Å². The average Bonchev–Trinajstić information content (AvgIpc) is 2.30. The van der Waals surface area contributed by atoms with Crippen LogP contribution in [0.15, 0.2) is 29.2 Å². The third-order valence-electron chi connectivity index (χ3n) is 2.50. The molecule has 1 aromatic carbocycles. The number of aryl methyl sites for hydroxylation is 1. The van der Waals surface area contributed by atoms with Crippen LogP contribution >= 0.6 is 11.6 Å². The zero-order valence-electron chi connectivity index (χ0n) is 8.70. The molecule has 0 bridgehead atoms. The number of halogens is 1. The zero-order valence-corrected chi connectivity index (χ0v) is 9.45. The summed E-state index contributed by atoms with van der Waals surface area (Å²) in [5.74, 6) is 0. The lowest BCUT2D eigenvalue weighted by molar-refractivity contribution is 0.786. The Morgan fingerprint density at radius 3 is 2.88 bits per heavy atom. The number of hydrogen-bond donors (Lipinski definition) is 0. The molecule has 1 aromatic heterocycles. The van der Waals surface area contributed by atoms with Crippen LogP contribution < -0.4 is 5.43 Å². The van der Waals surface area contributed by atoms with Crippen LogP contribution in [0.3, 0.4) is 0 Å². The van der Waals surface area contributed by atoms with Gasteiger partial charge in [0.2, 0.25) is 5.43 Å². The minimum absolute atomic E-state index is 0.150. The van der Waals surface area contributed by atoms with Gasteiger partial charge in [0.1, 0.15) is 11.6 Å². The van der Waals surface area contributed by atoms with Gasteiger partial charge in [-0.2, -0.15) is 5.26 Å². The van der Waals surface area contributed by atoms with Gasteiger partial charge in [-0.1, -0.05) is 11.6 Å². The Bertz CT molecular complexity index is 652. The van der Waals surface area contributed by atoms with Crippen molar-refractivity contribution in [2.24, 2.45) is 0 Å². The van der Waals surface area contributed by atoms with Crippen molar-refractivity contribution in [3.63, 3.8) is 0 Å². The Hall–Kier alpha value is -1.79. The van der Waals surface area contributed by atoms with Crippen LogP contribution in [0.25, 0.3) is 10.9 Å². The highest BCUT2D eigenvalue weighted by molar-refractivity contribution is 6.31. The van der Waals surface area contributed by atoms with Gasteiger partial charge in [0.05, 0.1) is 5.52 Å². The van der Waals surface area contributed by atoms with Crippen molar-refractivity contribution in [2.45, 2.75) is 13.5 Å². The Labute approximate surface area is 97.5 Å². The summed E-state index contributed by atoms with van der Waals surface area (Å²) in [6.45, 7) is 2.66. The van der Waals surface area contributed by atoms with E-state index in [4.69, 9.17) is 16.9 Å². The number of pyridine rings is 1. The highest BCUT2D eigenvalue weighted by Crippen LogP contribution is 2.17. The monoisotopic (exact) mass is 232 g/mol. The first-order chi connectivity index (χ1) is 7.67. The van der Waals surface area contributed by atoms with E-state index in [9.17, 15) is 4.79 Å². The van der Waals surface area contributed by atoms with Gasteiger partial charge >= 0.3 is 0 Å². The lowest BCUT2D eigenvalue weighted by Crippen LogP contribution is -2.12. The second-order valence-electron chi connectivity index (χ2n) is 3.43. The molecule has 0 fully saturated rings. The van der Waals surface area contributed by atoms with E-state index < -0.39 is 0 Å². The fraction of sp³-hybridized carbons (Fsp3) is 0.167. The molecule has 16 heavy (non-hydrogen) atoms. The summed E-state index contributed by atoms with van der Waals surface area (Å²) in [6, 6.07) is 7.04. The number of nitriles is 1. The van der Waals surface area contributed by atoms with Gasteiger partial charge in [-0.15, -0.1) is 0 Å². The normalized spacial score (nSPS) is 10.3. The van der Waals surface area contributed by atoms with E-state index in [1.54, 1.807) is 24.4 Å². The second kappa shape index (κ2) is 3.99. The smallest absolute Gasteiger partial charge is 0.207 e. The number of aromatic nitrogens is 1. The van der Waals surface area contributed by atoms with Gasteiger partial charge < -0.3 is 4.57 Å². The molecule has 0 atom stereocenters. The van der Waals surface area contributed by atoms with Crippen LogP contribution in [-0.4, -0.2) is 4.57 Å². The number of fused-ring (bicyclic) bond motifs is 1. The maximum Gasteiger partial charge on any atom is 0.207 e. The molecule has 0 amide bonds. The molecule has 0 spiro atoms. The summed E-state index contributed by atoms with van der Waals surface area (Å²) in [7, 11) is 0. The maximum atomic E-state index is 11.9. The van der Waals surface area contributed by atoms with Crippen molar-refractivity contribution in [1.82, 2.24) is 4.57 Å². The highest BCUT2D eigenvalue weighted by atomic mass is 35.5. The molecule has 0 saturated heterocycles. The van der Waals surface area contributed by atoms with Gasteiger partial charge in [0, 0.05) is 23.2 Å². The third-order valence-corrected chi connectivity index (χ3v) is 2.74. The molecule has 1 heterocycles. The summed E-state index contributed by atoms with van der Waals surface area (Å²) in [4.78, 5) is 11.9. The van der Waals surface area contributed by atoms with E-state index in [0.717, 1.165) is 5.52 Å². The Morgan fingerprint density at radius 1 is 1.50 bits per heavy atom. The minimum Gasteiger partial charge on any atom is -0.346 e. The quantitative estimate of drug-likeness (QED) is 0.759. The molecule has 0 unspecified atom stereocenters. The Morgan fingerprint density at radius 2 is 2.25 bits per heavy atom. The van der Waals surface area contributed by atoms with Crippen LogP contribution in [0, 0.1) is 11.3 Å². The first-order valence-electron chi connectivity index (χ1n) is 4.90. The summed E-state index contributed by atoms with van der Waals surface area (Å²) in [6.07, 6.45) is 1.58. The molecule has 0 radical (unpaired) electrons. The lowest BCUT2D eigenvalue weighted by atomic mass is 10.1. The summed E-state index contributed by atoms with van der Waals surface area (Å²) in [5, 5.41) is 9.87. The third kappa shape index (κ3) is 1.58. The molecule has 0 N–H and O–H groups in total. The largest absolute Gasteiger partial charge is 0.346 e. The fourth-order valence-corrected chi connectivity index (χ4v) is 1.88. The number of nitrogens with zero attached hydrogens (tertiary/aromatic N) is 2. The highest BCUT2D eigenvalue weighted by Gasteiger charge is 2.08. The SMILES string of the molecule is CCn1cc(C#N)c(=O)c2cc(Cl)ccc21. The summed E-state index contributed by atoms with van der Waals surface area (Å²) in [5.41, 5.74) is 0.692. The van der Waals surface area contributed by atoms with Gasteiger partial charge in [0.25, 0.3) is 0 Å². The van der Waals surface area contributed by atoms with Crippen LogP contribution in [0.1, 0.15) is 12.5 Å². The van der Waals surface area contributed by atoms with Crippen LogP contribution in [0.4, 0.5) is 0 Å². The summed E-state index contributed by atoms with van der Waals surface area (Å²) >= 11 is 5.85. The van der Waals surface area contributed by atoms with Crippen molar-refractivity contribution >= 4 is 22.5 Å². The first-order valence-corrected chi connectivity index (χ1v) is 5.28. The van der Waals surface area contributed by atoms with Crippen molar-refractivity contribution < 1.29 is 0 Å². The Balaban J connectivity index is 2.99. The van der Waals surface area contributed by atoms with E-state index in [1.165, 1.54) is 0 Å². The van der Waals surface area contributed by atoms with E-state index in [0.29, 0.717) is 17.0 Å². The van der Waals surface area contributed by atoms with Crippen molar-refractivity contribution in [3.05, 3.63) is 45.2 Å². The van der Waals surface area contributed by atoms with Crippen molar-refractivity contribution in [1.29, 1.82) is 5.26 Å². The number of hydrogen-bond acceptors (Lipinski definition) is 2. The van der Waals surface area contributed by atoms with Crippen LogP contribution in [0.2, 0.25) is 5.02 Å². The van der Waals surface area contributed by atoms with E-state index in [2.05, 4.69) is 0 Å². The predicted octanol–water partition coefficient (Wildman–Crippen LogP) is 2.55. The molecule has 0 saturated carbocycles. The molecular formula is C12H9ClN2O. The predicted molar refractivity (Wildman–Crippen MR) is 63.6 cm³/mol. The zero-order chi connectivity index (χ0) is 11.7. The first kappa shape index (κ1) is 10.7. The summed E-state index contributed by atoms with van der Waals surface area (Å²) < 4.78 is 1.87. The lowest BCUT2D eigenvalue weighted by Gasteiger charge is -2.08. The molecule has 0 aliphatic heterocycles. The molecule has 2 rings (SSSR count). The fourth-order valence-electron chi connectivity index (χ4n) is 1.71. The molecule has 2 aromatic rings. The van der Waals surface area contributed by atoms with Gasteiger partial charge in [-0.25, -0.2) is 0 Å². The standard InChI is InChI=1S/C12H9ClN2O/c1-2-15-7-8(6-14)12(16)10-5-9(13)3-4-11(10)15/h3-5,7H,2H2,1H3. The molecule has 0 aliphatic rings. The van der Waals surface area contributed by atoms with Gasteiger partial charge in [-0.05, 0) is 25.1 Å². The van der Waals surface area contributed by atoms with Crippen molar-refractivity contribution in [2.75, 3.05) is 0 Å². The van der Waals surface area contributed by atoms with Gasteiger partial charge in [-0.3, -0.25) is 4.79 Å². The van der Waals surface area contributed by atoms with Crippen LogP contribution in [0.5, 0.6) is 0 Å². The van der Waals surface area contributed by atoms with E-state index in [1.807, 2.05) is 17.6 Å². The average molecular weight is 233 g/mol. The molecule has 80 valence electrons. The number of benzene rings is 1. The molecule has 3 nitrogen and oxygen atoms in total.